The molecule has 1 aliphatic heterocycles. The summed E-state index contributed by atoms with van der Waals surface area (Å²) < 4.78 is 0. The minimum absolute atomic E-state index is 0.107. The Morgan fingerprint density at radius 3 is 2.62 bits per heavy atom. The van der Waals surface area contributed by atoms with Crippen LogP contribution in [0.2, 0.25) is 0 Å². The fraction of sp³-hybridized carbons (Fsp3) is 0.667. The minimum Gasteiger partial charge on any atom is -0.480 e. The van der Waals surface area contributed by atoms with Gasteiger partial charge < -0.3 is 42.2 Å². The molecule has 190 valence electrons. The lowest BCUT2D eigenvalue weighted by molar-refractivity contribution is -0.147. The number of hydrogen-bond acceptors (Lipinski definition) is 8. The molecular formula is C21H35N7O6. The molecule has 5 unspecified atom stereocenters. The molecule has 5 atom stereocenters. The Labute approximate surface area is 197 Å². The summed E-state index contributed by atoms with van der Waals surface area (Å²) in [5.74, 6) is -3.04. The summed E-state index contributed by atoms with van der Waals surface area (Å²) >= 11 is 0. The van der Waals surface area contributed by atoms with Gasteiger partial charge in [0, 0.05) is 24.9 Å². The van der Waals surface area contributed by atoms with E-state index in [-0.39, 0.29) is 13.0 Å². The Bertz CT molecular complexity index is 832. The van der Waals surface area contributed by atoms with Crippen LogP contribution in [0, 0.1) is 0 Å². The van der Waals surface area contributed by atoms with Crippen molar-refractivity contribution in [2.45, 2.75) is 75.7 Å². The van der Waals surface area contributed by atoms with Crippen LogP contribution in [0.3, 0.4) is 0 Å². The number of unbranched alkanes of at least 4 members (excludes halogenated alkanes) is 1. The Kier molecular flexibility index (Phi) is 10.4. The van der Waals surface area contributed by atoms with Crippen LogP contribution in [0.25, 0.3) is 0 Å². The highest BCUT2D eigenvalue weighted by Crippen LogP contribution is 2.20. The molecule has 0 spiro atoms. The fourth-order valence-corrected chi connectivity index (χ4v) is 3.88. The van der Waals surface area contributed by atoms with Gasteiger partial charge in [-0.3, -0.25) is 14.4 Å². The summed E-state index contributed by atoms with van der Waals surface area (Å²) in [5.41, 5.74) is 12.1. The number of nitrogens with zero attached hydrogens (tertiary/aromatic N) is 2. The van der Waals surface area contributed by atoms with Gasteiger partial charge in [0.15, 0.2) is 6.04 Å². The number of aliphatic hydroxyl groups excluding tert-OH is 1. The van der Waals surface area contributed by atoms with E-state index in [4.69, 9.17) is 11.5 Å². The van der Waals surface area contributed by atoms with Gasteiger partial charge in [-0.2, -0.15) is 0 Å². The van der Waals surface area contributed by atoms with Crippen molar-refractivity contribution in [2.24, 2.45) is 11.5 Å². The van der Waals surface area contributed by atoms with Crippen molar-refractivity contribution >= 4 is 23.7 Å². The molecule has 9 N–H and O–H groups in total. The normalized spacial score (nSPS) is 19.2. The molecule has 3 amide bonds. The molecule has 2 heterocycles. The topological polar surface area (TPSA) is 217 Å². The van der Waals surface area contributed by atoms with Crippen LogP contribution >= 0.6 is 0 Å². The fourth-order valence-electron chi connectivity index (χ4n) is 3.88. The number of nitrogens with one attached hydrogen (secondary N) is 3. The first-order chi connectivity index (χ1) is 16.1. The largest absolute Gasteiger partial charge is 0.480 e. The van der Waals surface area contributed by atoms with Crippen molar-refractivity contribution in [1.82, 2.24) is 25.5 Å². The maximum atomic E-state index is 13.4. The van der Waals surface area contributed by atoms with Crippen molar-refractivity contribution in [1.29, 1.82) is 0 Å². The summed E-state index contributed by atoms with van der Waals surface area (Å²) in [4.78, 5) is 58.4. The Morgan fingerprint density at radius 2 is 2.03 bits per heavy atom. The number of hydrogen-bond donors (Lipinski definition) is 7. The number of carbonyl (C=O) groups excluding carboxylic acids is 3. The van der Waals surface area contributed by atoms with E-state index in [1.165, 1.54) is 24.3 Å². The van der Waals surface area contributed by atoms with Gasteiger partial charge in [0.1, 0.15) is 12.1 Å². The highest BCUT2D eigenvalue weighted by molar-refractivity contribution is 5.94. The number of carboxylic acids is 1. The standard InChI is InChI=1S/C21H35N7O6/c1-12(29)17(21(33)34)27-19(31)16-6-4-8-28(16)20(32)15(9-13-10-24-11-25-13)26-18(30)14(23)5-2-3-7-22/h10-12,14-17,29H,2-9,22-23H2,1H3,(H,24,25)(H,26,30)(H,27,31)(H,33,34). The first kappa shape index (κ1) is 27.2. The molecule has 1 fully saturated rings. The molecule has 1 saturated heterocycles. The minimum atomic E-state index is -1.50. The van der Waals surface area contributed by atoms with E-state index in [1.54, 1.807) is 0 Å². The number of aromatic nitrogens is 2. The molecule has 2 rings (SSSR count). The average molecular weight is 482 g/mol. The Balaban J connectivity index is 2.14. The van der Waals surface area contributed by atoms with Crippen molar-refractivity contribution in [3.63, 3.8) is 0 Å². The van der Waals surface area contributed by atoms with Gasteiger partial charge in [-0.1, -0.05) is 6.42 Å². The quantitative estimate of drug-likeness (QED) is 0.152. The molecule has 1 aromatic rings. The molecule has 0 radical (unpaired) electrons. The third kappa shape index (κ3) is 7.50. The zero-order valence-corrected chi connectivity index (χ0v) is 19.3. The van der Waals surface area contributed by atoms with Crippen LogP contribution < -0.4 is 22.1 Å². The smallest absolute Gasteiger partial charge is 0.328 e. The number of likely N-dealkylation sites (tertiary alicyclic amines) is 1. The second-order valence-electron chi connectivity index (χ2n) is 8.49. The Hall–Kier alpha value is -3.03. The summed E-state index contributed by atoms with van der Waals surface area (Å²) in [7, 11) is 0. The molecule has 13 nitrogen and oxygen atoms in total. The number of amides is 3. The number of imidazole rings is 1. The van der Waals surface area contributed by atoms with Crippen molar-refractivity contribution in [2.75, 3.05) is 13.1 Å². The van der Waals surface area contributed by atoms with Crippen LogP contribution in [0.4, 0.5) is 0 Å². The van der Waals surface area contributed by atoms with Gasteiger partial charge in [-0.15, -0.1) is 0 Å². The maximum absolute atomic E-state index is 13.4. The van der Waals surface area contributed by atoms with Crippen LogP contribution in [-0.4, -0.2) is 92.1 Å². The molecule has 1 aromatic heterocycles. The van der Waals surface area contributed by atoms with E-state index in [2.05, 4.69) is 20.6 Å². The average Bonchev–Trinajstić information content (AvgIpc) is 3.48. The summed E-state index contributed by atoms with van der Waals surface area (Å²) in [6.07, 6.45) is 4.44. The van der Waals surface area contributed by atoms with Crippen LogP contribution in [0.5, 0.6) is 0 Å². The third-order valence-corrected chi connectivity index (χ3v) is 5.78. The highest BCUT2D eigenvalue weighted by Gasteiger charge is 2.39. The molecule has 0 bridgehead atoms. The summed E-state index contributed by atoms with van der Waals surface area (Å²) in [6.45, 7) is 2.01. The number of rotatable bonds is 13. The maximum Gasteiger partial charge on any atom is 0.328 e. The number of H-pyrrole nitrogens is 1. The van der Waals surface area contributed by atoms with E-state index in [0.29, 0.717) is 37.9 Å². The van der Waals surface area contributed by atoms with E-state index >= 15 is 0 Å². The van der Waals surface area contributed by atoms with E-state index in [9.17, 15) is 29.4 Å². The SMILES string of the molecule is CC(O)C(NC(=O)C1CCCN1C(=O)C(Cc1cnc[nH]1)NC(=O)C(N)CCCCN)C(=O)O. The van der Waals surface area contributed by atoms with Crippen molar-refractivity contribution < 1.29 is 29.4 Å². The van der Waals surface area contributed by atoms with Gasteiger partial charge >= 0.3 is 5.97 Å². The molecule has 0 saturated carbocycles. The van der Waals surface area contributed by atoms with E-state index in [0.717, 1.165) is 6.42 Å². The third-order valence-electron chi connectivity index (χ3n) is 5.78. The van der Waals surface area contributed by atoms with Crippen LogP contribution in [0.1, 0.15) is 44.7 Å². The molecular weight excluding hydrogens is 446 g/mol. The Morgan fingerprint density at radius 1 is 1.29 bits per heavy atom. The lowest BCUT2D eigenvalue weighted by Gasteiger charge is -2.30. The second-order valence-corrected chi connectivity index (χ2v) is 8.49. The van der Waals surface area contributed by atoms with Crippen molar-refractivity contribution in [3.05, 3.63) is 18.2 Å². The molecule has 1 aliphatic rings. The predicted molar refractivity (Wildman–Crippen MR) is 121 cm³/mol. The lowest BCUT2D eigenvalue weighted by Crippen LogP contribution is -2.58. The van der Waals surface area contributed by atoms with Gasteiger partial charge in [0.05, 0.1) is 18.5 Å². The number of nitrogens with two attached hydrogens (primary N) is 2. The number of aromatic amines is 1. The number of carboxylic acid groups (broad SMARTS) is 1. The first-order valence-electron chi connectivity index (χ1n) is 11.4. The van der Waals surface area contributed by atoms with Gasteiger partial charge in [-0.05, 0) is 39.2 Å². The van der Waals surface area contributed by atoms with E-state index < -0.39 is 54.0 Å². The van der Waals surface area contributed by atoms with Gasteiger partial charge in [-0.25, -0.2) is 9.78 Å². The predicted octanol–water partition coefficient (Wildman–Crippen LogP) is -2.17. The lowest BCUT2D eigenvalue weighted by atomic mass is 10.1. The second kappa shape index (κ2) is 13.0. The monoisotopic (exact) mass is 481 g/mol. The molecule has 34 heavy (non-hydrogen) atoms. The van der Waals surface area contributed by atoms with Crippen LogP contribution in [0.15, 0.2) is 12.5 Å². The van der Waals surface area contributed by atoms with Gasteiger partial charge in [0.25, 0.3) is 0 Å². The highest BCUT2D eigenvalue weighted by atomic mass is 16.4. The molecule has 13 heteroatoms. The first-order valence-corrected chi connectivity index (χ1v) is 11.4. The van der Waals surface area contributed by atoms with Gasteiger partial charge in [0.2, 0.25) is 17.7 Å². The zero-order valence-electron chi connectivity index (χ0n) is 19.3. The number of carbonyl (C=O) groups is 4. The number of aliphatic carboxylic acids is 1. The van der Waals surface area contributed by atoms with Crippen LogP contribution in [-0.2, 0) is 25.6 Å². The molecule has 0 aromatic carbocycles. The molecule has 0 aliphatic carbocycles. The summed E-state index contributed by atoms with van der Waals surface area (Å²) in [6, 6.07) is -4.25. The summed E-state index contributed by atoms with van der Waals surface area (Å²) in [5, 5.41) is 23.9. The number of aliphatic hydroxyl groups is 1. The zero-order chi connectivity index (χ0) is 25.3. The van der Waals surface area contributed by atoms with Crippen molar-refractivity contribution in [3.8, 4) is 0 Å². The van der Waals surface area contributed by atoms with E-state index in [1.807, 2.05) is 0 Å².